The zero-order chi connectivity index (χ0) is 21.2. The molecule has 0 saturated carbocycles. The molecule has 9 heteroatoms. The number of thiazole rings is 1. The third-order valence-electron chi connectivity index (χ3n) is 5.07. The minimum Gasteiger partial charge on any atom is -0.376 e. The lowest BCUT2D eigenvalue weighted by atomic mass is 9.95. The van der Waals surface area contributed by atoms with Crippen LogP contribution in [0.25, 0.3) is 0 Å². The number of rotatable bonds is 5. The highest BCUT2D eigenvalue weighted by Crippen LogP contribution is 2.35. The molecule has 2 heterocycles. The average molecular weight is 427 g/mol. The van der Waals surface area contributed by atoms with Crippen LogP contribution in [0.15, 0.2) is 23.6 Å². The van der Waals surface area contributed by atoms with Crippen LogP contribution in [-0.2, 0) is 17.5 Å². The van der Waals surface area contributed by atoms with Crippen molar-refractivity contribution in [1.82, 2.24) is 9.88 Å². The SMILES string of the molecule is Cc1nc(CN2CCC(C(=O)Nc3cc(C(F)(F)F)ccc3N(C)C)CC2)cs1. The van der Waals surface area contributed by atoms with Crippen molar-refractivity contribution >= 4 is 28.6 Å². The van der Waals surface area contributed by atoms with Gasteiger partial charge in [0.1, 0.15) is 0 Å². The van der Waals surface area contributed by atoms with E-state index in [1.165, 1.54) is 6.07 Å². The lowest BCUT2D eigenvalue weighted by Crippen LogP contribution is -2.38. The molecule has 1 amide bonds. The second-order valence-corrected chi connectivity index (χ2v) is 8.58. The van der Waals surface area contributed by atoms with E-state index in [1.54, 1.807) is 30.3 Å². The van der Waals surface area contributed by atoms with Crippen LogP contribution >= 0.6 is 11.3 Å². The van der Waals surface area contributed by atoms with E-state index >= 15 is 0 Å². The van der Waals surface area contributed by atoms with Gasteiger partial charge >= 0.3 is 6.18 Å². The molecule has 1 aromatic heterocycles. The van der Waals surface area contributed by atoms with Gasteiger partial charge in [0, 0.05) is 31.9 Å². The van der Waals surface area contributed by atoms with Gasteiger partial charge in [0.25, 0.3) is 0 Å². The second-order valence-electron chi connectivity index (χ2n) is 7.52. The summed E-state index contributed by atoms with van der Waals surface area (Å²) in [4.78, 5) is 21.1. The number of nitrogens with one attached hydrogen (secondary N) is 1. The van der Waals surface area contributed by atoms with Crippen molar-refractivity contribution in [2.75, 3.05) is 37.4 Å². The van der Waals surface area contributed by atoms with Gasteiger partial charge in [-0.1, -0.05) is 0 Å². The number of carbonyl (C=O) groups is 1. The van der Waals surface area contributed by atoms with E-state index in [2.05, 4.69) is 15.2 Å². The molecule has 0 aliphatic carbocycles. The van der Waals surface area contributed by atoms with E-state index < -0.39 is 11.7 Å². The largest absolute Gasteiger partial charge is 0.416 e. The first-order valence-corrected chi connectivity index (χ1v) is 10.3. The first-order chi connectivity index (χ1) is 13.6. The number of aryl methyl sites for hydroxylation is 1. The number of amides is 1. The van der Waals surface area contributed by atoms with E-state index in [0.29, 0.717) is 18.5 Å². The van der Waals surface area contributed by atoms with Crippen molar-refractivity contribution < 1.29 is 18.0 Å². The minimum absolute atomic E-state index is 0.190. The molecule has 0 spiro atoms. The molecule has 0 radical (unpaired) electrons. The fourth-order valence-electron chi connectivity index (χ4n) is 3.50. The van der Waals surface area contributed by atoms with Crippen LogP contribution in [0.2, 0.25) is 0 Å². The van der Waals surface area contributed by atoms with Crippen LogP contribution < -0.4 is 10.2 Å². The van der Waals surface area contributed by atoms with Crippen LogP contribution in [-0.4, -0.2) is 43.0 Å². The summed E-state index contributed by atoms with van der Waals surface area (Å²) >= 11 is 1.62. The third kappa shape index (κ3) is 5.48. The van der Waals surface area contributed by atoms with Gasteiger partial charge in [-0.25, -0.2) is 4.98 Å². The maximum Gasteiger partial charge on any atom is 0.416 e. The topological polar surface area (TPSA) is 48.5 Å². The van der Waals surface area contributed by atoms with Gasteiger partial charge < -0.3 is 10.2 Å². The monoisotopic (exact) mass is 426 g/mol. The number of likely N-dealkylation sites (tertiary alicyclic amines) is 1. The number of piperidine rings is 1. The second kappa shape index (κ2) is 8.71. The van der Waals surface area contributed by atoms with Crippen molar-refractivity contribution in [1.29, 1.82) is 0 Å². The van der Waals surface area contributed by atoms with Gasteiger partial charge in [-0.15, -0.1) is 11.3 Å². The van der Waals surface area contributed by atoms with Crippen LogP contribution in [0.5, 0.6) is 0 Å². The fraction of sp³-hybridized carbons (Fsp3) is 0.500. The molecule has 1 aromatic carbocycles. The normalized spacial score (nSPS) is 16.1. The molecule has 158 valence electrons. The Morgan fingerprint density at radius 1 is 1.31 bits per heavy atom. The molecule has 5 nitrogen and oxygen atoms in total. The Balaban J connectivity index is 1.63. The van der Waals surface area contributed by atoms with Crippen LogP contribution in [0.1, 0.15) is 29.1 Å². The molecule has 2 aromatic rings. The van der Waals surface area contributed by atoms with Gasteiger partial charge in [0.05, 0.1) is 27.6 Å². The lowest BCUT2D eigenvalue weighted by Gasteiger charge is -2.31. The van der Waals surface area contributed by atoms with Gasteiger partial charge in [0.2, 0.25) is 5.91 Å². The van der Waals surface area contributed by atoms with Crippen LogP contribution in [0.4, 0.5) is 24.5 Å². The predicted octanol–water partition coefficient (Wildman–Crippen LogP) is 4.39. The van der Waals surface area contributed by atoms with E-state index in [1.807, 2.05) is 12.3 Å². The smallest absolute Gasteiger partial charge is 0.376 e. The Kier molecular flexibility index (Phi) is 6.48. The van der Waals surface area contributed by atoms with E-state index in [4.69, 9.17) is 0 Å². The number of anilines is 2. The molecular weight excluding hydrogens is 401 g/mol. The highest BCUT2D eigenvalue weighted by atomic mass is 32.1. The van der Waals surface area contributed by atoms with Gasteiger partial charge in [0.15, 0.2) is 0 Å². The Morgan fingerprint density at radius 3 is 2.55 bits per heavy atom. The summed E-state index contributed by atoms with van der Waals surface area (Å²) in [6.07, 6.45) is -3.11. The Morgan fingerprint density at radius 2 is 2.00 bits per heavy atom. The van der Waals surface area contributed by atoms with Crippen molar-refractivity contribution in [3.8, 4) is 0 Å². The number of hydrogen-bond donors (Lipinski definition) is 1. The standard InChI is InChI=1S/C20H25F3N4OS/c1-13-24-16(12-29-13)11-27-8-6-14(7-9-27)19(28)25-17-10-15(20(21,22)23)4-5-18(17)26(2)3/h4-5,10,12,14H,6-9,11H2,1-3H3,(H,25,28). The zero-order valence-corrected chi connectivity index (χ0v) is 17.5. The highest BCUT2D eigenvalue weighted by Gasteiger charge is 2.32. The van der Waals surface area contributed by atoms with Crippen molar-refractivity contribution in [2.45, 2.75) is 32.5 Å². The number of hydrogen-bond acceptors (Lipinski definition) is 5. The average Bonchev–Trinajstić information content (AvgIpc) is 3.06. The summed E-state index contributed by atoms with van der Waals surface area (Å²) in [5, 5.41) is 5.81. The summed E-state index contributed by atoms with van der Waals surface area (Å²) in [7, 11) is 3.47. The Hall–Kier alpha value is -2.13. The Bertz CT molecular complexity index is 858. The first-order valence-electron chi connectivity index (χ1n) is 9.46. The minimum atomic E-state index is -4.45. The third-order valence-corrected chi connectivity index (χ3v) is 5.90. The molecule has 1 aliphatic heterocycles. The van der Waals surface area contributed by atoms with Gasteiger partial charge in [-0.2, -0.15) is 13.2 Å². The Labute approximate surface area is 172 Å². The molecule has 1 saturated heterocycles. The van der Waals surface area contributed by atoms with Crippen molar-refractivity contribution in [2.24, 2.45) is 5.92 Å². The molecule has 3 rings (SSSR count). The summed E-state index contributed by atoms with van der Waals surface area (Å²) in [5.41, 5.74) is 1.000. The summed E-state index contributed by atoms with van der Waals surface area (Å²) in [5.74, 6) is -0.440. The molecule has 1 aliphatic rings. The number of alkyl halides is 3. The molecular formula is C20H25F3N4OS. The number of halogens is 3. The fourth-order valence-corrected chi connectivity index (χ4v) is 4.10. The van der Waals surface area contributed by atoms with Crippen molar-refractivity contribution in [3.05, 3.63) is 39.8 Å². The lowest BCUT2D eigenvalue weighted by molar-refractivity contribution is -0.137. The molecule has 0 bridgehead atoms. The van der Waals surface area contributed by atoms with E-state index in [-0.39, 0.29) is 17.5 Å². The maximum absolute atomic E-state index is 13.1. The summed E-state index contributed by atoms with van der Waals surface area (Å²) in [6, 6.07) is 3.42. The number of carbonyl (C=O) groups excluding carboxylic acids is 1. The molecule has 0 atom stereocenters. The van der Waals surface area contributed by atoms with Crippen molar-refractivity contribution in [3.63, 3.8) is 0 Å². The van der Waals surface area contributed by atoms with Gasteiger partial charge in [-0.05, 0) is 51.1 Å². The van der Waals surface area contributed by atoms with E-state index in [0.717, 1.165) is 42.5 Å². The quantitative estimate of drug-likeness (QED) is 0.771. The molecule has 29 heavy (non-hydrogen) atoms. The predicted molar refractivity (Wildman–Crippen MR) is 109 cm³/mol. The van der Waals surface area contributed by atoms with E-state index in [9.17, 15) is 18.0 Å². The first kappa shape index (κ1) is 21.6. The maximum atomic E-state index is 13.1. The molecule has 1 N–H and O–H groups in total. The van der Waals surface area contributed by atoms with Crippen LogP contribution in [0, 0.1) is 12.8 Å². The molecule has 0 unspecified atom stereocenters. The van der Waals surface area contributed by atoms with Crippen LogP contribution in [0.3, 0.4) is 0 Å². The zero-order valence-electron chi connectivity index (χ0n) is 16.7. The molecule has 1 fully saturated rings. The number of nitrogens with zero attached hydrogens (tertiary/aromatic N) is 3. The summed E-state index contributed by atoms with van der Waals surface area (Å²) < 4.78 is 39.2. The summed E-state index contributed by atoms with van der Waals surface area (Å²) in [6.45, 7) is 4.26. The highest BCUT2D eigenvalue weighted by molar-refractivity contribution is 7.09. The number of aromatic nitrogens is 1. The van der Waals surface area contributed by atoms with Gasteiger partial charge in [-0.3, -0.25) is 9.69 Å². The number of benzene rings is 1.